The van der Waals surface area contributed by atoms with Gasteiger partial charge >= 0.3 is 0 Å². The molecule has 0 saturated heterocycles. The van der Waals surface area contributed by atoms with Crippen molar-refractivity contribution in [3.63, 3.8) is 0 Å². The molecule has 0 atom stereocenters. The Morgan fingerprint density at radius 2 is 0.775 bits per heavy atom. The first-order chi connectivity index (χ1) is 19.8. The zero-order chi connectivity index (χ0) is 26.9. The van der Waals surface area contributed by atoms with Crippen molar-refractivity contribution in [1.29, 1.82) is 0 Å². The molecule has 0 aromatic heterocycles. The van der Waals surface area contributed by atoms with Crippen molar-refractivity contribution < 1.29 is 14.6 Å². The van der Waals surface area contributed by atoms with Crippen molar-refractivity contribution in [3.05, 3.63) is 144 Å². The average Bonchev–Trinajstić information content (AvgIpc) is 3.01. The van der Waals surface area contributed by atoms with E-state index in [1.807, 2.05) is 18.2 Å². The van der Waals surface area contributed by atoms with Crippen LogP contribution in [0.4, 0.5) is 0 Å². The predicted molar refractivity (Wildman–Crippen MR) is 164 cm³/mol. The Morgan fingerprint density at radius 1 is 0.425 bits per heavy atom. The van der Waals surface area contributed by atoms with Gasteiger partial charge in [-0.15, -0.1) is 0 Å². The van der Waals surface area contributed by atoms with E-state index >= 15 is 0 Å². The van der Waals surface area contributed by atoms with Gasteiger partial charge in [0.05, 0.1) is 6.61 Å². The molecule has 7 aromatic carbocycles. The standard InChI is InChI=1S/C37H28O3/c38-22-25-17-30(39-23-36-32-13-5-1-9-26(32)19-27-10-2-6-14-33(27)36)21-31(18-25)40-24-37-34-15-7-3-11-28(34)20-29-12-4-8-16-35(29)37/h1-21,38H,22-24H2. The lowest BCUT2D eigenvalue weighted by Crippen LogP contribution is -2.01. The molecule has 0 aliphatic carbocycles. The van der Waals surface area contributed by atoms with Gasteiger partial charge in [-0.3, -0.25) is 0 Å². The van der Waals surface area contributed by atoms with Crippen LogP contribution in [0.25, 0.3) is 43.1 Å². The molecule has 1 N–H and O–H groups in total. The first kappa shape index (κ1) is 24.2. The smallest absolute Gasteiger partial charge is 0.123 e. The number of aliphatic hydroxyl groups is 1. The van der Waals surface area contributed by atoms with E-state index in [-0.39, 0.29) is 6.61 Å². The van der Waals surface area contributed by atoms with Gasteiger partial charge in [0, 0.05) is 17.2 Å². The van der Waals surface area contributed by atoms with E-state index in [1.165, 1.54) is 43.1 Å². The fourth-order valence-corrected chi connectivity index (χ4v) is 5.73. The second kappa shape index (κ2) is 10.4. The Kier molecular flexibility index (Phi) is 6.27. The second-order valence-electron chi connectivity index (χ2n) is 10.1. The predicted octanol–water partition coefficient (Wildman–Crippen LogP) is 8.95. The van der Waals surface area contributed by atoms with Gasteiger partial charge in [0.15, 0.2) is 0 Å². The maximum absolute atomic E-state index is 10.0. The molecule has 0 bridgehead atoms. The highest BCUT2D eigenvalue weighted by atomic mass is 16.5. The van der Waals surface area contributed by atoms with E-state index in [2.05, 4.69) is 109 Å². The van der Waals surface area contributed by atoms with Gasteiger partial charge < -0.3 is 14.6 Å². The zero-order valence-electron chi connectivity index (χ0n) is 22.0. The molecule has 7 rings (SSSR count). The van der Waals surface area contributed by atoms with Crippen LogP contribution in [0, 0.1) is 0 Å². The fraction of sp³-hybridized carbons (Fsp3) is 0.0811. The van der Waals surface area contributed by atoms with Crippen LogP contribution in [0.5, 0.6) is 11.5 Å². The number of aliphatic hydroxyl groups excluding tert-OH is 1. The molecular formula is C37H28O3. The van der Waals surface area contributed by atoms with Crippen LogP contribution >= 0.6 is 0 Å². The summed E-state index contributed by atoms with van der Waals surface area (Å²) in [5.74, 6) is 1.34. The van der Waals surface area contributed by atoms with Gasteiger partial charge in [-0.1, -0.05) is 97.1 Å². The molecule has 3 heteroatoms. The monoisotopic (exact) mass is 520 g/mol. The molecule has 194 valence electrons. The first-order valence-corrected chi connectivity index (χ1v) is 13.6. The maximum Gasteiger partial charge on any atom is 0.123 e. The van der Waals surface area contributed by atoms with Crippen molar-refractivity contribution in [2.45, 2.75) is 19.8 Å². The van der Waals surface area contributed by atoms with Gasteiger partial charge in [-0.2, -0.15) is 0 Å². The third-order valence-corrected chi connectivity index (χ3v) is 7.65. The molecule has 0 heterocycles. The normalized spacial score (nSPS) is 11.4. The highest BCUT2D eigenvalue weighted by Crippen LogP contribution is 2.33. The van der Waals surface area contributed by atoms with E-state index in [0.29, 0.717) is 24.7 Å². The molecule has 0 fully saturated rings. The van der Waals surface area contributed by atoms with E-state index in [9.17, 15) is 5.11 Å². The van der Waals surface area contributed by atoms with Crippen molar-refractivity contribution in [2.75, 3.05) is 0 Å². The third-order valence-electron chi connectivity index (χ3n) is 7.65. The summed E-state index contributed by atoms with van der Waals surface area (Å²) in [5.41, 5.74) is 3.04. The van der Waals surface area contributed by atoms with Gasteiger partial charge in [0.25, 0.3) is 0 Å². The Hall–Kier alpha value is -4.86. The van der Waals surface area contributed by atoms with E-state index < -0.39 is 0 Å². The van der Waals surface area contributed by atoms with E-state index in [1.54, 1.807) is 0 Å². The summed E-state index contributed by atoms with van der Waals surface area (Å²) in [7, 11) is 0. The van der Waals surface area contributed by atoms with Gasteiger partial charge in [-0.05, 0) is 72.9 Å². The van der Waals surface area contributed by atoms with Gasteiger partial charge in [0.2, 0.25) is 0 Å². The summed E-state index contributed by atoms with van der Waals surface area (Å²) in [5, 5.41) is 19.5. The van der Waals surface area contributed by atoms with Crippen LogP contribution in [0.1, 0.15) is 16.7 Å². The summed E-state index contributed by atoms with van der Waals surface area (Å²) < 4.78 is 12.8. The quantitative estimate of drug-likeness (QED) is 0.213. The third kappa shape index (κ3) is 4.51. The summed E-state index contributed by atoms with van der Waals surface area (Å²) in [6, 6.07) is 43.8. The van der Waals surface area contributed by atoms with Crippen molar-refractivity contribution in [3.8, 4) is 11.5 Å². The summed E-state index contributed by atoms with van der Waals surface area (Å²) in [6.07, 6.45) is 0. The lowest BCUT2D eigenvalue weighted by molar-refractivity contribution is 0.271. The van der Waals surface area contributed by atoms with Crippen LogP contribution < -0.4 is 9.47 Å². The molecule has 0 aliphatic rings. The van der Waals surface area contributed by atoms with Crippen molar-refractivity contribution in [2.24, 2.45) is 0 Å². The van der Waals surface area contributed by atoms with Gasteiger partial charge in [-0.25, -0.2) is 0 Å². The van der Waals surface area contributed by atoms with Crippen LogP contribution in [0.15, 0.2) is 127 Å². The number of hydrogen-bond donors (Lipinski definition) is 1. The van der Waals surface area contributed by atoms with Crippen LogP contribution in [-0.4, -0.2) is 5.11 Å². The Morgan fingerprint density at radius 3 is 1.12 bits per heavy atom. The highest BCUT2D eigenvalue weighted by Gasteiger charge is 2.12. The molecular weight excluding hydrogens is 492 g/mol. The van der Waals surface area contributed by atoms with Crippen LogP contribution in [-0.2, 0) is 19.8 Å². The summed E-state index contributed by atoms with van der Waals surface area (Å²) in [6.45, 7) is 0.719. The number of hydrogen-bond acceptors (Lipinski definition) is 3. The SMILES string of the molecule is OCc1cc(OCc2c3ccccc3cc3ccccc23)cc(OCc2c3ccccc3cc3ccccc23)c1. The molecule has 0 spiro atoms. The Labute approximate surface area is 232 Å². The number of rotatable bonds is 7. The number of fused-ring (bicyclic) bond motifs is 4. The van der Waals surface area contributed by atoms with Gasteiger partial charge in [0.1, 0.15) is 24.7 Å². The minimum absolute atomic E-state index is 0.0953. The summed E-state index contributed by atoms with van der Waals surface area (Å²) >= 11 is 0. The van der Waals surface area contributed by atoms with E-state index in [4.69, 9.17) is 9.47 Å². The lowest BCUT2D eigenvalue weighted by Gasteiger charge is -2.16. The largest absolute Gasteiger partial charge is 0.489 e. The molecule has 0 unspecified atom stereocenters. The molecule has 7 aromatic rings. The first-order valence-electron chi connectivity index (χ1n) is 13.6. The number of benzene rings is 7. The minimum atomic E-state index is -0.0953. The molecule has 3 nitrogen and oxygen atoms in total. The topological polar surface area (TPSA) is 38.7 Å². The molecule has 0 amide bonds. The Balaban J connectivity index is 1.21. The maximum atomic E-state index is 10.0. The van der Waals surface area contributed by atoms with Crippen LogP contribution in [0.2, 0.25) is 0 Å². The van der Waals surface area contributed by atoms with Crippen molar-refractivity contribution >= 4 is 43.1 Å². The molecule has 0 radical (unpaired) electrons. The minimum Gasteiger partial charge on any atom is -0.489 e. The fourth-order valence-electron chi connectivity index (χ4n) is 5.73. The molecule has 0 saturated carbocycles. The van der Waals surface area contributed by atoms with E-state index in [0.717, 1.165) is 16.7 Å². The zero-order valence-corrected chi connectivity index (χ0v) is 22.0. The lowest BCUT2D eigenvalue weighted by atomic mass is 9.97. The Bertz CT molecular complexity index is 1760. The second-order valence-corrected chi connectivity index (χ2v) is 10.1. The number of ether oxygens (including phenoxy) is 2. The summed E-state index contributed by atoms with van der Waals surface area (Å²) in [4.78, 5) is 0. The molecule has 0 aliphatic heterocycles. The van der Waals surface area contributed by atoms with Crippen molar-refractivity contribution in [1.82, 2.24) is 0 Å². The average molecular weight is 521 g/mol. The molecule has 40 heavy (non-hydrogen) atoms. The van der Waals surface area contributed by atoms with Crippen LogP contribution in [0.3, 0.4) is 0 Å². The highest BCUT2D eigenvalue weighted by molar-refractivity contribution is 6.03.